The van der Waals surface area contributed by atoms with Gasteiger partial charge in [0.1, 0.15) is 0 Å². The van der Waals surface area contributed by atoms with Crippen LogP contribution in [-0.4, -0.2) is 39.9 Å². The van der Waals surface area contributed by atoms with E-state index in [1.807, 2.05) is 26.6 Å². The molecule has 0 bridgehead atoms. The van der Waals surface area contributed by atoms with Gasteiger partial charge >= 0.3 is 5.97 Å². The molecule has 20 heavy (non-hydrogen) atoms. The highest BCUT2D eigenvalue weighted by Gasteiger charge is 2.29. The molecule has 6 heteroatoms. The Labute approximate surface area is 122 Å². The van der Waals surface area contributed by atoms with Crippen molar-refractivity contribution < 1.29 is 23.5 Å². The molecule has 0 aliphatic heterocycles. The van der Waals surface area contributed by atoms with Crippen LogP contribution in [0.4, 0.5) is 0 Å². The number of hydrogen-bond acceptors (Lipinski definition) is 5. The van der Waals surface area contributed by atoms with Gasteiger partial charge in [-0.3, -0.25) is 4.79 Å². The van der Waals surface area contributed by atoms with E-state index in [4.69, 9.17) is 9.16 Å². The minimum atomic E-state index is -1.94. The fourth-order valence-corrected chi connectivity index (χ4v) is 2.44. The summed E-state index contributed by atoms with van der Waals surface area (Å²) >= 11 is 0. The summed E-state index contributed by atoms with van der Waals surface area (Å²) in [7, 11) is -0.480. The van der Waals surface area contributed by atoms with Gasteiger partial charge in [-0.05, 0) is 26.1 Å². The van der Waals surface area contributed by atoms with E-state index in [1.165, 1.54) is 19.4 Å². The average Bonchev–Trinajstić information content (AvgIpc) is 2.34. The lowest BCUT2D eigenvalue weighted by Crippen LogP contribution is -2.39. The molecule has 0 N–H and O–H groups in total. The third-order valence-corrected chi connectivity index (χ3v) is 3.27. The van der Waals surface area contributed by atoms with Gasteiger partial charge in [-0.1, -0.05) is 13.3 Å². The zero-order valence-corrected chi connectivity index (χ0v) is 14.1. The minimum Gasteiger partial charge on any atom is -0.504 e. The van der Waals surface area contributed by atoms with Crippen LogP contribution in [-0.2, 0) is 23.5 Å². The van der Waals surface area contributed by atoms with Gasteiger partial charge in [-0.2, -0.15) is 0 Å². The van der Waals surface area contributed by atoms with E-state index in [0.29, 0.717) is 6.61 Å². The first-order chi connectivity index (χ1) is 9.30. The van der Waals surface area contributed by atoms with E-state index in [9.17, 15) is 9.59 Å². The Bertz CT molecular complexity index is 333. The number of esters is 1. The summed E-state index contributed by atoms with van der Waals surface area (Å²) in [5, 5.41) is 0. The molecule has 0 saturated heterocycles. The van der Waals surface area contributed by atoms with E-state index in [2.05, 4.69) is 4.74 Å². The first-order valence-electron chi connectivity index (χ1n) is 6.86. The van der Waals surface area contributed by atoms with E-state index in [1.54, 1.807) is 0 Å². The summed E-state index contributed by atoms with van der Waals surface area (Å²) in [6, 6.07) is 0. The molecule has 0 spiro atoms. The van der Waals surface area contributed by atoms with Crippen LogP contribution in [0, 0.1) is 0 Å². The molecule has 0 aromatic rings. The highest BCUT2D eigenvalue weighted by atomic mass is 28.4. The molecule has 1 atom stereocenters. The number of carbonyl (C=O) groups is 2. The number of ether oxygens (including phenoxy) is 2. The molecule has 0 radical (unpaired) electrons. The number of carbonyl (C=O) groups excluding carboxylic acids is 2. The second-order valence-electron chi connectivity index (χ2n) is 5.45. The number of methoxy groups -OCH3 is 1. The Morgan fingerprint density at radius 2 is 1.90 bits per heavy atom. The van der Waals surface area contributed by atoms with Crippen LogP contribution in [0.1, 0.15) is 26.2 Å². The summed E-state index contributed by atoms with van der Waals surface area (Å²) in [5.74, 6) is -0.678. The van der Waals surface area contributed by atoms with Gasteiger partial charge in [-0.15, -0.1) is 0 Å². The maximum absolute atomic E-state index is 12.0. The van der Waals surface area contributed by atoms with Crippen molar-refractivity contribution in [1.29, 1.82) is 0 Å². The van der Waals surface area contributed by atoms with Crippen LogP contribution in [0.5, 0.6) is 0 Å². The van der Waals surface area contributed by atoms with Gasteiger partial charge in [-0.25, -0.2) is 4.79 Å². The first kappa shape index (κ1) is 18.9. The van der Waals surface area contributed by atoms with Crippen molar-refractivity contribution in [3.05, 3.63) is 12.3 Å². The molecule has 0 aliphatic carbocycles. The lowest BCUT2D eigenvalue weighted by Gasteiger charge is -2.24. The zero-order chi connectivity index (χ0) is 15.6. The molecule has 0 amide bonds. The third-order valence-electron chi connectivity index (χ3n) is 2.28. The van der Waals surface area contributed by atoms with E-state index in [0.717, 1.165) is 12.8 Å². The number of rotatable bonds is 10. The van der Waals surface area contributed by atoms with E-state index >= 15 is 0 Å². The van der Waals surface area contributed by atoms with Crippen molar-refractivity contribution in [2.75, 3.05) is 13.7 Å². The summed E-state index contributed by atoms with van der Waals surface area (Å²) in [6.07, 6.45) is 3.49. The van der Waals surface area contributed by atoms with Gasteiger partial charge in [0.25, 0.3) is 0 Å². The molecule has 0 fully saturated rings. The maximum Gasteiger partial charge on any atom is 0.334 e. The largest absolute Gasteiger partial charge is 0.504 e. The molecule has 0 aromatic heterocycles. The summed E-state index contributed by atoms with van der Waals surface area (Å²) < 4.78 is 15.6. The molecule has 0 rings (SSSR count). The van der Waals surface area contributed by atoms with Gasteiger partial charge in [0, 0.05) is 12.5 Å². The molecule has 0 heterocycles. The third kappa shape index (κ3) is 9.74. The lowest BCUT2D eigenvalue weighted by molar-refractivity contribution is -0.154. The predicted molar refractivity (Wildman–Crippen MR) is 79.9 cm³/mol. The van der Waals surface area contributed by atoms with Crippen LogP contribution < -0.4 is 0 Å². The summed E-state index contributed by atoms with van der Waals surface area (Å²) in [6.45, 7) is 8.28. The Balaban J connectivity index is 4.59. The summed E-state index contributed by atoms with van der Waals surface area (Å²) in [5.41, 5.74) is 0. The van der Waals surface area contributed by atoms with E-state index in [-0.39, 0.29) is 12.2 Å². The van der Waals surface area contributed by atoms with Gasteiger partial charge in [0.15, 0.2) is 20.2 Å². The molecule has 5 nitrogen and oxygen atoms in total. The van der Waals surface area contributed by atoms with Crippen molar-refractivity contribution >= 4 is 20.1 Å². The Hall–Kier alpha value is -1.14. The Kier molecular flexibility index (Phi) is 9.16. The number of ketones is 1. The van der Waals surface area contributed by atoms with Gasteiger partial charge in [0.05, 0.1) is 20.0 Å². The topological polar surface area (TPSA) is 61.8 Å². The van der Waals surface area contributed by atoms with Crippen molar-refractivity contribution in [3.8, 4) is 0 Å². The number of allylic oxidation sites excluding steroid dienone is 1. The van der Waals surface area contributed by atoms with Crippen molar-refractivity contribution in [1.82, 2.24) is 0 Å². The molecule has 0 aliphatic rings. The average molecular weight is 302 g/mol. The molecule has 0 unspecified atom stereocenters. The highest BCUT2D eigenvalue weighted by Crippen LogP contribution is 2.13. The Morgan fingerprint density at radius 1 is 1.25 bits per heavy atom. The van der Waals surface area contributed by atoms with Crippen LogP contribution in [0.3, 0.4) is 0 Å². The highest BCUT2D eigenvalue weighted by molar-refractivity contribution is 6.69. The van der Waals surface area contributed by atoms with Crippen LogP contribution in [0.15, 0.2) is 12.3 Å². The summed E-state index contributed by atoms with van der Waals surface area (Å²) in [4.78, 5) is 23.7. The number of unbranched alkanes of at least 4 members (excludes halogenated alkanes) is 1. The fraction of sp³-hybridized carbons (Fsp3) is 0.714. The minimum absolute atomic E-state index is 0.0188. The van der Waals surface area contributed by atoms with Crippen LogP contribution >= 0.6 is 0 Å². The monoisotopic (exact) mass is 302 g/mol. The maximum atomic E-state index is 12.0. The normalized spacial score (nSPS) is 13.2. The van der Waals surface area contributed by atoms with Crippen LogP contribution in [0.25, 0.3) is 0 Å². The molecule has 0 aromatic carbocycles. The Morgan fingerprint density at radius 3 is 2.40 bits per heavy atom. The molecule has 0 saturated carbocycles. The smallest absolute Gasteiger partial charge is 0.334 e. The lowest BCUT2D eigenvalue weighted by atomic mass is 10.2. The van der Waals surface area contributed by atoms with E-state index < -0.39 is 20.4 Å². The molecule has 116 valence electrons. The van der Waals surface area contributed by atoms with Crippen molar-refractivity contribution in [2.24, 2.45) is 0 Å². The quantitative estimate of drug-likeness (QED) is 0.204. The molecular formula is C14H26O5Si. The number of hydrogen-bond donors (Lipinski definition) is 0. The first-order valence-corrected chi connectivity index (χ1v) is 10.3. The predicted octanol–water partition coefficient (Wildman–Crippen LogP) is 2.67. The zero-order valence-electron chi connectivity index (χ0n) is 13.1. The van der Waals surface area contributed by atoms with Crippen molar-refractivity contribution in [3.63, 3.8) is 0 Å². The van der Waals surface area contributed by atoms with Gasteiger partial charge in [0.2, 0.25) is 0 Å². The van der Waals surface area contributed by atoms with Crippen molar-refractivity contribution in [2.45, 2.75) is 51.9 Å². The fourth-order valence-electron chi connectivity index (χ4n) is 1.40. The van der Waals surface area contributed by atoms with Crippen LogP contribution in [0.2, 0.25) is 19.6 Å². The SMILES string of the molecule is CCCCOC(=O)[C@H](CC(=O)/C=C/OC)O[Si](C)(C)C. The standard InChI is InChI=1S/C14H26O5Si/c1-6-7-9-18-14(16)13(19-20(3,4)5)11-12(15)8-10-17-2/h8,10,13H,6-7,9,11H2,1-5H3/b10-8+/t13-/m0/s1. The second-order valence-corrected chi connectivity index (χ2v) is 9.91. The second kappa shape index (κ2) is 9.71. The van der Waals surface area contributed by atoms with Gasteiger partial charge < -0.3 is 13.9 Å². The molecular weight excluding hydrogens is 276 g/mol.